The smallest absolute Gasteiger partial charge is 0.325 e. The van der Waals surface area contributed by atoms with E-state index in [1.165, 1.54) is 23.7 Å². The van der Waals surface area contributed by atoms with Gasteiger partial charge in [0.05, 0.1) is 16.8 Å². The van der Waals surface area contributed by atoms with Gasteiger partial charge in [0.2, 0.25) is 0 Å². The number of thiazole rings is 1. The summed E-state index contributed by atoms with van der Waals surface area (Å²) >= 11 is 2.90. The van der Waals surface area contributed by atoms with Crippen molar-refractivity contribution in [2.45, 2.75) is 12.5 Å². The molecule has 0 aliphatic carbocycles. The van der Waals surface area contributed by atoms with E-state index in [-0.39, 0.29) is 18.0 Å². The van der Waals surface area contributed by atoms with Gasteiger partial charge in [0.25, 0.3) is 0 Å². The summed E-state index contributed by atoms with van der Waals surface area (Å²) in [6.07, 6.45) is 2.80. The first-order chi connectivity index (χ1) is 16.5. The van der Waals surface area contributed by atoms with Gasteiger partial charge in [-0.15, -0.1) is 22.7 Å². The Morgan fingerprint density at radius 2 is 2.09 bits per heavy atom. The van der Waals surface area contributed by atoms with Crippen molar-refractivity contribution >= 4 is 55.6 Å². The lowest BCUT2D eigenvalue weighted by atomic mass is 10.3. The number of halogens is 1. The Labute approximate surface area is 201 Å². The van der Waals surface area contributed by atoms with E-state index in [4.69, 9.17) is 9.84 Å². The number of nitrogens with zero attached hydrogens (tertiary/aromatic N) is 3. The van der Waals surface area contributed by atoms with Gasteiger partial charge in [0.15, 0.2) is 5.13 Å². The number of rotatable bonds is 10. The summed E-state index contributed by atoms with van der Waals surface area (Å²) in [6.45, 7) is -0.0551. The fraction of sp³-hybridized carbons (Fsp3) is 0.238. The van der Waals surface area contributed by atoms with Crippen LogP contribution < -0.4 is 20.7 Å². The molecule has 0 radical (unpaired) electrons. The van der Waals surface area contributed by atoms with E-state index in [0.29, 0.717) is 18.1 Å². The number of amides is 2. The molecule has 0 unspecified atom stereocenters. The highest BCUT2D eigenvalue weighted by Crippen LogP contribution is 2.25. The molecule has 1 atom stereocenters. The SMILES string of the molecule is O=C(Nc1cc(F)cc(OC[C@@H](O)CO)c1)Nc1ncc(CCNc2ncnc3ccsc23)s1. The number of carbonyl (C=O) groups is 1. The molecule has 0 aliphatic rings. The number of benzene rings is 1. The van der Waals surface area contributed by atoms with Crippen molar-refractivity contribution in [2.24, 2.45) is 0 Å². The number of hydrogen-bond acceptors (Lipinski definition) is 10. The van der Waals surface area contributed by atoms with E-state index >= 15 is 0 Å². The van der Waals surface area contributed by atoms with Gasteiger partial charge in [-0.3, -0.25) is 5.32 Å². The quantitative estimate of drug-likeness (QED) is 0.221. The molecule has 0 aliphatic heterocycles. The third-order valence-electron chi connectivity index (χ3n) is 4.46. The molecule has 4 rings (SSSR count). The number of carbonyl (C=O) groups excluding carboxylic acids is 1. The Bertz CT molecular complexity index is 1270. The Morgan fingerprint density at radius 1 is 1.21 bits per heavy atom. The van der Waals surface area contributed by atoms with Gasteiger partial charge in [0.1, 0.15) is 36.4 Å². The minimum atomic E-state index is -1.09. The predicted octanol–water partition coefficient (Wildman–Crippen LogP) is 3.32. The summed E-state index contributed by atoms with van der Waals surface area (Å²) in [5, 5.41) is 29.0. The van der Waals surface area contributed by atoms with E-state index in [1.807, 2.05) is 11.4 Å². The first-order valence-electron chi connectivity index (χ1n) is 10.2. The Kier molecular flexibility index (Phi) is 7.80. The van der Waals surface area contributed by atoms with Crippen molar-refractivity contribution in [1.29, 1.82) is 0 Å². The standard InChI is InChI=1S/C21H21FN6O4S2/c22-12-5-13(7-15(6-12)32-10-14(30)9-29)27-20(31)28-21-24-8-16(34-21)1-3-23-19-18-17(2-4-33-18)25-11-26-19/h2,4-8,11,14,29-30H,1,3,9-10H2,(H,23,25,26)(H2,24,27,28,31)/t14-/m0/s1. The predicted molar refractivity (Wildman–Crippen MR) is 129 cm³/mol. The maximum atomic E-state index is 13.8. The largest absolute Gasteiger partial charge is 0.491 e. The van der Waals surface area contributed by atoms with Crippen LogP contribution in [0.5, 0.6) is 5.75 Å². The molecule has 0 bridgehead atoms. The number of anilines is 3. The third kappa shape index (κ3) is 6.35. The zero-order valence-electron chi connectivity index (χ0n) is 17.7. The highest BCUT2D eigenvalue weighted by molar-refractivity contribution is 7.17. The van der Waals surface area contributed by atoms with E-state index in [0.717, 1.165) is 33.0 Å². The fourth-order valence-electron chi connectivity index (χ4n) is 2.92. The van der Waals surface area contributed by atoms with Crippen molar-refractivity contribution in [3.8, 4) is 5.75 Å². The van der Waals surface area contributed by atoms with E-state index in [9.17, 15) is 14.3 Å². The molecule has 5 N–H and O–H groups in total. The molecule has 3 heterocycles. The van der Waals surface area contributed by atoms with E-state index in [2.05, 4.69) is 30.9 Å². The molecule has 10 nitrogen and oxygen atoms in total. The molecule has 1 aromatic carbocycles. The summed E-state index contributed by atoms with van der Waals surface area (Å²) in [4.78, 5) is 26.0. The second kappa shape index (κ2) is 11.2. The monoisotopic (exact) mass is 504 g/mol. The van der Waals surface area contributed by atoms with Crippen molar-refractivity contribution in [3.05, 3.63) is 52.9 Å². The zero-order valence-corrected chi connectivity index (χ0v) is 19.3. The van der Waals surface area contributed by atoms with Crippen LogP contribution in [0.1, 0.15) is 4.88 Å². The number of aromatic nitrogens is 3. The lowest BCUT2D eigenvalue weighted by Gasteiger charge is -2.12. The zero-order chi connectivity index (χ0) is 23.9. The summed E-state index contributed by atoms with van der Waals surface area (Å²) < 4.78 is 20.1. The van der Waals surface area contributed by atoms with Gasteiger partial charge in [0, 0.05) is 41.9 Å². The number of thiophene rings is 1. The summed E-state index contributed by atoms with van der Waals surface area (Å²) in [5.41, 5.74) is 1.06. The van der Waals surface area contributed by atoms with Gasteiger partial charge < -0.3 is 25.6 Å². The first kappa shape index (κ1) is 23.8. The summed E-state index contributed by atoms with van der Waals surface area (Å²) in [7, 11) is 0. The van der Waals surface area contributed by atoms with Crippen molar-refractivity contribution in [2.75, 3.05) is 35.7 Å². The van der Waals surface area contributed by atoms with Crippen LogP contribution in [0.3, 0.4) is 0 Å². The third-order valence-corrected chi connectivity index (χ3v) is 6.35. The molecule has 0 spiro atoms. The average molecular weight is 505 g/mol. The second-order valence-electron chi connectivity index (χ2n) is 7.07. The molecule has 13 heteroatoms. The summed E-state index contributed by atoms with van der Waals surface area (Å²) in [6, 6.07) is 5.00. The molecule has 0 saturated heterocycles. The van der Waals surface area contributed by atoms with Gasteiger partial charge in [-0.25, -0.2) is 24.1 Å². The van der Waals surface area contributed by atoms with Crippen LogP contribution in [0, 0.1) is 5.82 Å². The van der Waals surface area contributed by atoms with Crippen LogP contribution in [0.25, 0.3) is 10.2 Å². The lowest BCUT2D eigenvalue weighted by molar-refractivity contribution is 0.0535. The van der Waals surface area contributed by atoms with E-state index < -0.39 is 24.6 Å². The fourth-order valence-corrected chi connectivity index (χ4v) is 4.54. The van der Waals surface area contributed by atoms with Crippen LogP contribution in [0.15, 0.2) is 42.2 Å². The Morgan fingerprint density at radius 3 is 2.94 bits per heavy atom. The number of hydrogen-bond donors (Lipinski definition) is 5. The Hall–Kier alpha value is -3.39. The molecule has 3 aromatic heterocycles. The van der Waals surface area contributed by atoms with Crippen LogP contribution in [0.4, 0.5) is 25.8 Å². The van der Waals surface area contributed by atoms with Gasteiger partial charge in [-0.2, -0.15) is 0 Å². The van der Waals surface area contributed by atoms with Crippen molar-refractivity contribution in [3.63, 3.8) is 0 Å². The molecule has 178 valence electrons. The first-order valence-corrected chi connectivity index (χ1v) is 11.9. The average Bonchev–Trinajstić information content (AvgIpc) is 3.47. The maximum absolute atomic E-state index is 13.8. The second-order valence-corrected chi connectivity index (χ2v) is 9.10. The van der Waals surface area contributed by atoms with Crippen LogP contribution >= 0.6 is 22.7 Å². The molecular weight excluding hydrogens is 483 g/mol. The molecular formula is C21H21FN6O4S2. The number of ether oxygens (including phenoxy) is 1. The molecule has 34 heavy (non-hydrogen) atoms. The maximum Gasteiger partial charge on any atom is 0.325 e. The van der Waals surface area contributed by atoms with Crippen LogP contribution in [0.2, 0.25) is 0 Å². The molecule has 0 saturated carbocycles. The van der Waals surface area contributed by atoms with E-state index in [1.54, 1.807) is 17.5 Å². The highest BCUT2D eigenvalue weighted by Gasteiger charge is 2.11. The molecule has 4 aromatic rings. The Balaban J connectivity index is 1.28. The lowest BCUT2D eigenvalue weighted by Crippen LogP contribution is -2.21. The number of aliphatic hydroxyl groups is 2. The molecule has 0 fully saturated rings. The van der Waals surface area contributed by atoms with Crippen molar-refractivity contribution in [1.82, 2.24) is 15.0 Å². The van der Waals surface area contributed by atoms with Gasteiger partial charge >= 0.3 is 6.03 Å². The van der Waals surface area contributed by atoms with Gasteiger partial charge in [-0.1, -0.05) is 0 Å². The summed E-state index contributed by atoms with van der Waals surface area (Å²) in [5.74, 6) is 0.265. The van der Waals surface area contributed by atoms with Crippen LogP contribution in [-0.4, -0.2) is 57.1 Å². The minimum Gasteiger partial charge on any atom is -0.491 e. The normalized spacial score (nSPS) is 11.9. The van der Waals surface area contributed by atoms with Gasteiger partial charge in [-0.05, 0) is 17.5 Å². The van der Waals surface area contributed by atoms with Crippen molar-refractivity contribution < 1.29 is 24.1 Å². The number of urea groups is 1. The molecule has 2 amide bonds. The van der Waals surface area contributed by atoms with Crippen LogP contribution in [-0.2, 0) is 6.42 Å². The number of fused-ring (bicyclic) bond motifs is 1. The number of aliphatic hydroxyl groups excluding tert-OH is 2. The topological polar surface area (TPSA) is 142 Å². The highest BCUT2D eigenvalue weighted by atomic mass is 32.1. The minimum absolute atomic E-state index is 0.107. The number of nitrogens with one attached hydrogen (secondary N) is 3.